The summed E-state index contributed by atoms with van der Waals surface area (Å²) in [6.45, 7) is 0. The summed E-state index contributed by atoms with van der Waals surface area (Å²) in [5, 5.41) is 4.06. The van der Waals surface area contributed by atoms with Gasteiger partial charge in [-0.05, 0) is 18.1 Å². The van der Waals surface area contributed by atoms with Crippen LogP contribution in [0.25, 0.3) is 0 Å². The maximum atomic E-state index is 12.1. The largest absolute Gasteiger partial charge is 0.399 e. The van der Waals surface area contributed by atoms with Crippen molar-refractivity contribution < 1.29 is 4.79 Å². The van der Waals surface area contributed by atoms with E-state index < -0.39 is 0 Å². The number of para-hydroxylation sites is 1. The standard InChI is InChI=1S/C14H18N4O.2ClH/c1-17-10-12(9-16-17)18(2)14(19)8-7-11-5-3-4-6-13(11)15;;/h3-6,9-10H,7-8,15H2,1-2H3;2*1H. The van der Waals surface area contributed by atoms with Crippen LogP contribution in [-0.4, -0.2) is 22.7 Å². The topological polar surface area (TPSA) is 64.2 Å². The first-order chi connectivity index (χ1) is 9.08. The van der Waals surface area contributed by atoms with Gasteiger partial charge in [0.15, 0.2) is 0 Å². The van der Waals surface area contributed by atoms with Crippen molar-refractivity contribution in [3.8, 4) is 0 Å². The molecule has 2 rings (SSSR count). The highest BCUT2D eigenvalue weighted by molar-refractivity contribution is 5.92. The number of hydrogen-bond acceptors (Lipinski definition) is 3. The molecule has 5 nitrogen and oxygen atoms in total. The number of anilines is 2. The molecule has 0 bridgehead atoms. The lowest BCUT2D eigenvalue weighted by molar-refractivity contribution is -0.118. The molecule has 1 amide bonds. The van der Waals surface area contributed by atoms with E-state index in [-0.39, 0.29) is 30.7 Å². The average Bonchev–Trinajstić information content (AvgIpc) is 2.83. The summed E-state index contributed by atoms with van der Waals surface area (Å²) >= 11 is 0. The van der Waals surface area contributed by atoms with Gasteiger partial charge in [-0.25, -0.2) is 0 Å². The molecule has 0 saturated heterocycles. The van der Waals surface area contributed by atoms with Gasteiger partial charge in [-0.3, -0.25) is 9.48 Å². The number of aromatic nitrogens is 2. The zero-order valence-corrected chi connectivity index (χ0v) is 13.7. The van der Waals surface area contributed by atoms with Crippen molar-refractivity contribution in [2.75, 3.05) is 17.7 Å². The normalized spacial score (nSPS) is 9.43. The Hall–Kier alpha value is -1.72. The van der Waals surface area contributed by atoms with Crippen LogP contribution < -0.4 is 10.6 Å². The van der Waals surface area contributed by atoms with Crippen molar-refractivity contribution >= 4 is 42.1 Å². The summed E-state index contributed by atoms with van der Waals surface area (Å²) in [4.78, 5) is 13.7. The lowest BCUT2D eigenvalue weighted by Gasteiger charge is -2.15. The third kappa shape index (κ3) is 4.95. The van der Waals surface area contributed by atoms with Gasteiger partial charge in [0.25, 0.3) is 0 Å². The van der Waals surface area contributed by atoms with Crippen LogP contribution in [0.3, 0.4) is 0 Å². The second-order valence-corrected chi connectivity index (χ2v) is 4.52. The van der Waals surface area contributed by atoms with Crippen LogP contribution in [0.5, 0.6) is 0 Å². The van der Waals surface area contributed by atoms with Crippen LogP contribution in [0.15, 0.2) is 36.7 Å². The van der Waals surface area contributed by atoms with Gasteiger partial charge in [0.05, 0.1) is 11.9 Å². The summed E-state index contributed by atoms with van der Waals surface area (Å²) in [6, 6.07) is 7.63. The Morgan fingerprint density at radius 2 is 2.00 bits per heavy atom. The van der Waals surface area contributed by atoms with Gasteiger partial charge in [-0.1, -0.05) is 18.2 Å². The molecule has 0 spiro atoms. The van der Waals surface area contributed by atoms with E-state index >= 15 is 0 Å². The minimum atomic E-state index is 0. The molecule has 0 fully saturated rings. The second kappa shape index (κ2) is 8.54. The molecule has 0 saturated carbocycles. The highest BCUT2D eigenvalue weighted by Gasteiger charge is 2.12. The first-order valence-electron chi connectivity index (χ1n) is 6.16. The van der Waals surface area contributed by atoms with E-state index in [0.717, 1.165) is 16.9 Å². The van der Waals surface area contributed by atoms with E-state index in [1.54, 1.807) is 22.8 Å². The number of hydrogen-bond donors (Lipinski definition) is 1. The Kier molecular flexibility index (Phi) is 7.84. The van der Waals surface area contributed by atoms with Crippen LogP contribution >= 0.6 is 24.8 Å². The Labute approximate surface area is 136 Å². The van der Waals surface area contributed by atoms with Crippen molar-refractivity contribution in [1.29, 1.82) is 0 Å². The molecule has 0 aliphatic heterocycles. The predicted octanol–water partition coefficient (Wildman–Crippen LogP) is 2.44. The average molecular weight is 331 g/mol. The maximum Gasteiger partial charge on any atom is 0.227 e. The number of nitrogens with two attached hydrogens (primary N) is 1. The molecule has 2 N–H and O–H groups in total. The third-order valence-corrected chi connectivity index (χ3v) is 3.12. The van der Waals surface area contributed by atoms with Gasteiger partial charge in [0.2, 0.25) is 5.91 Å². The number of halogens is 2. The number of carbonyl (C=O) groups excluding carboxylic acids is 1. The van der Waals surface area contributed by atoms with E-state index in [4.69, 9.17) is 5.73 Å². The minimum Gasteiger partial charge on any atom is -0.399 e. The zero-order valence-electron chi connectivity index (χ0n) is 12.0. The summed E-state index contributed by atoms with van der Waals surface area (Å²) < 4.78 is 1.67. The van der Waals surface area contributed by atoms with Crippen molar-refractivity contribution in [2.24, 2.45) is 7.05 Å². The molecule has 1 aromatic carbocycles. The van der Waals surface area contributed by atoms with Gasteiger partial charge in [-0.15, -0.1) is 24.8 Å². The van der Waals surface area contributed by atoms with Gasteiger partial charge in [0.1, 0.15) is 0 Å². The number of nitrogen functional groups attached to an aromatic ring is 1. The molecule has 0 aliphatic carbocycles. The molecule has 7 heteroatoms. The van der Waals surface area contributed by atoms with Gasteiger partial charge in [0, 0.05) is 32.4 Å². The fourth-order valence-corrected chi connectivity index (χ4v) is 1.90. The van der Waals surface area contributed by atoms with E-state index in [1.165, 1.54) is 0 Å². The SMILES string of the molecule is CN(C(=O)CCc1ccccc1N)c1cnn(C)c1.Cl.Cl. The van der Waals surface area contributed by atoms with Gasteiger partial charge >= 0.3 is 0 Å². The van der Waals surface area contributed by atoms with E-state index in [1.807, 2.05) is 37.5 Å². The van der Waals surface area contributed by atoms with Crippen molar-refractivity contribution in [3.63, 3.8) is 0 Å². The van der Waals surface area contributed by atoms with Crippen LogP contribution in [-0.2, 0) is 18.3 Å². The van der Waals surface area contributed by atoms with E-state index in [9.17, 15) is 4.79 Å². The maximum absolute atomic E-state index is 12.1. The Balaban J connectivity index is 0.00000200. The van der Waals surface area contributed by atoms with E-state index in [0.29, 0.717) is 12.8 Å². The first-order valence-corrected chi connectivity index (χ1v) is 6.16. The summed E-state index contributed by atoms with van der Waals surface area (Å²) in [7, 11) is 3.58. The molecular formula is C14H20Cl2N4O. The number of rotatable bonds is 4. The van der Waals surface area contributed by atoms with Crippen LogP contribution in [0.2, 0.25) is 0 Å². The molecule has 2 aromatic rings. The molecule has 116 valence electrons. The van der Waals surface area contributed by atoms with Crippen molar-refractivity contribution in [1.82, 2.24) is 9.78 Å². The number of aryl methyl sites for hydroxylation is 2. The molecule has 0 unspecified atom stereocenters. The van der Waals surface area contributed by atoms with Gasteiger partial charge < -0.3 is 10.6 Å². The summed E-state index contributed by atoms with van der Waals surface area (Å²) in [6.07, 6.45) is 4.57. The molecule has 21 heavy (non-hydrogen) atoms. The fraction of sp³-hybridized carbons (Fsp3) is 0.286. The lowest BCUT2D eigenvalue weighted by Crippen LogP contribution is -2.26. The van der Waals surface area contributed by atoms with Crippen LogP contribution in [0.1, 0.15) is 12.0 Å². The highest BCUT2D eigenvalue weighted by atomic mass is 35.5. The van der Waals surface area contributed by atoms with Crippen LogP contribution in [0, 0.1) is 0 Å². The predicted molar refractivity (Wildman–Crippen MR) is 90.3 cm³/mol. The van der Waals surface area contributed by atoms with E-state index in [2.05, 4.69) is 5.10 Å². The lowest BCUT2D eigenvalue weighted by atomic mass is 10.1. The zero-order chi connectivity index (χ0) is 13.8. The molecule has 0 aliphatic rings. The quantitative estimate of drug-likeness (QED) is 0.875. The Bertz CT molecular complexity index is 586. The van der Waals surface area contributed by atoms with Crippen molar-refractivity contribution in [3.05, 3.63) is 42.2 Å². The Morgan fingerprint density at radius 3 is 2.57 bits per heavy atom. The monoisotopic (exact) mass is 330 g/mol. The molecule has 1 heterocycles. The highest BCUT2D eigenvalue weighted by Crippen LogP contribution is 2.15. The fourth-order valence-electron chi connectivity index (χ4n) is 1.90. The molecule has 0 atom stereocenters. The number of benzene rings is 1. The summed E-state index contributed by atoms with van der Waals surface area (Å²) in [5.74, 6) is 0.0521. The number of carbonyl (C=O) groups is 1. The minimum absolute atomic E-state index is 0. The number of nitrogens with zero attached hydrogens (tertiary/aromatic N) is 3. The summed E-state index contributed by atoms with van der Waals surface area (Å²) in [5.41, 5.74) is 8.40. The first kappa shape index (κ1) is 19.3. The molecule has 0 radical (unpaired) electrons. The van der Waals surface area contributed by atoms with Gasteiger partial charge in [-0.2, -0.15) is 5.10 Å². The molecular weight excluding hydrogens is 311 g/mol. The smallest absolute Gasteiger partial charge is 0.227 e. The Morgan fingerprint density at radius 1 is 1.33 bits per heavy atom. The van der Waals surface area contributed by atoms with Crippen LogP contribution in [0.4, 0.5) is 11.4 Å². The second-order valence-electron chi connectivity index (χ2n) is 4.52. The third-order valence-electron chi connectivity index (χ3n) is 3.12. The number of amides is 1. The molecule has 1 aromatic heterocycles. The van der Waals surface area contributed by atoms with Crippen molar-refractivity contribution in [2.45, 2.75) is 12.8 Å².